The minimum absolute atomic E-state index is 0. The quantitative estimate of drug-likeness (QED) is 0.267. The largest absolute Gasteiger partial charge is 1.00 e. The summed E-state index contributed by atoms with van der Waals surface area (Å²) in [7, 11) is 0. The Balaban J connectivity index is -0.0000000489. The van der Waals surface area contributed by atoms with Crippen molar-refractivity contribution in [2.45, 2.75) is 6.42 Å². The van der Waals surface area contributed by atoms with Gasteiger partial charge in [0.25, 0.3) is 0 Å². The Morgan fingerprint density at radius 1 is 0.684 bits per heavy atom. The first-order valence-electron chi connectivity index (χ1n) is 4.82. The molecule has 0 saturated heterocycles. The van der Waals surface area contributed by atoms with Crippen LogP contribution in [0.1, 0.15) is 6.42 Å². The SMILES string of the molecule is [CH2+]C[CH2-].[Cl-].[Cl-].[Sb].[Sb].[c]1ccccc1.[c]1ccccc1. The first kappa shape index (κ1) is 31.8. The summed E-state index contributed by atoms with van der Waals surface area (Å²) < 4.78 is 0. The molecule has 0 bridgehead atoms. The van der Waals surface area contributed by atoms with Gasteiger partial charge in [0.1, 0.15) is 0 Å². The first-order chi connectivity index (χ1) is 7.41. The van der Waals surface area contributed by atoms with Gasteiger partial charge in [-0.2, -0.15) is 0 Å². The summed E-state index contributed by atoms with van der Waals surface area (Å²) in [6, 6.07) is 25.0. The van der Waals surface area contributed by atoms with Crippen molar-refractivity contribution in [2.75, 3.05) is 0 Å². The van der Waals surface area contributed by atoms with Gasteiger partial charge in [-0.25, -0.2) is 0 Å². The zero-order chi connectivity index (χ0) is 11.2. The second-order valence-corrected chi connectivity index (χ2v) is 2.51. The number of halogens is 2. The third-order valence-electron chi connectivity index (χ3n) is 1.21. The molecular weight excluding hydrogens is 495 g/mol. The number of rotatable bonds is 0. The first-order valence-corrected chi connectivity index (χ1v) is 4.82. The Labute approximate surface area is 165 Å². The fourth-order valence-corrected chi connectivity index (χ4v) is 0.684. The average Bonchev–Trinajstić information content (AvgIpc) is 2.35. The number of benzene rings is 2. The van der Waals surface area contributed by atoms with E-state index in [1.54, 1.807) is 0 Å². The van der Waals surface area contributed by atoms with Gasteiger partial charge < -0.3 is 24.8 Å². The van der Waals surface area contributed by atoms with E-state index >= 15 is 0 Å². The minimum atomic E-state index is 0. The van der Waals surface area contributed by atoms with Gasteiger partial charge in [-0.1, -0.05) is 60.7 Å². The van der Waals surface area contributed by atoms with E-state index in [0.717, 1.165) is 6.42 Å². The summed E-state index contributed by atoms with van der Waals surface area (Å²) in [4.78, 5) is 0. The molecule has 2 aromatic rings. The van der Waals surface area contributed by atoms with Crippen LogP contribution in [0.25, 0.3) is 0 Å². The Bertz CT molecular complexity index is 206. The van der Waals surface area contributed by atoms with E-state index in [1.165, 1.54) is 0 Å². The zero-order valence-electron chi connectivity index (χ0n) is 10.5. The molecule has 0 aromatic heterocycles. The number of hydrogen-bond acceptors (Lipinski definition) is 0. The predicted molar refractivity (Wildman–Crippen MR) is 77.4 cm³/mol. The van der Waals surface area contributed by atoms with E-state index in [1.807, 2.05) is 60.7 Å². The van der Waals surface area contributed by atoms with Crippen molar-refractivity contribution in [1.29, 1.82) is 0 Å². The van der Waals surface area contributed by atoms with Crippen LogP contribution in [0.5, 0.6) is 0 Å². The maximum absolute atomic E-state index is 3.38. The van der Waals surface area contributed by atoms with Gasteiger partial charge in [0.2, 0.25) is 0 Å². The third kappa shape index (κ3) is 32.2. The topological polar surface area (TPSA) is 0 Å². The summed E-state index contributed by atoms with van der Waals surface area (Å²) in [5, 5.41) is 0. The van der Waals surface area contributed by atoms with Crippen LogP contribution in [0.2, 0.25) is 0 Å². The van der Waals surface area contributed by atoms with Crippen molar-refractivity contribution in [3.8, 4) is 0 Å². The van der Waals surface area contributed by atoms with Gasteiger partial charge in [-0.15, -0.1) is 0 Å². The summed E-state index contributed by atoms with van der Waals surface area (Å²) in [6.07, 6.45) is 0.750. The monoisotopic (exact) mass is 508 g/mol. The minimum Gasteiger partial charge on any atom is -1.00 e. The van der Waals surface area contributed by atoms with Crippen LogP contribution in [0.4, 0.5) is 0 Å². The molecular formula is C15H16Cl2Sb2-2. The van der Waals surface area contributed by atoms with E-state index in [9.17, 15) is 0 Å². The fraction of sp³-hybridized carbons (Fsp3) is 0.0667. The van der Waals surface area contributed by atoms with Crippen molar-refractivity contribution in [3.63, 3.8) is 0 Å². The van der Waals surface area contributed by atoms with E-state index in [-0.39, 0.29) is 73.7 Å². The third-order valence-corrected chi connectivity index (χ3v) is 1.21. The van der Waals surface area contributed by atoms with E-state index in [2.05, 4.69) is 26.0 Å². The molecule has 0 aliphatic heterocycles. The van der Waals surface area contributed by atoms with Crippen LogP contribution in [-0.4, -0.2) is 48.9 Å². The van der Waals surface area contributed by atoms with Crippen molar-refractivity contribution in [1.82, 2.24) is 0 Å². The summed E-state index contributed by atoms with van der Waals surface area (Å²) in [5.74, 6) is 0. The number of hydrogen-bond donors (Lipinski definition) is 0. The van der Waals surface area contributed by atoms with Gasteiger partial charge >= 0.3 is 0 Å². The molecule has 102 valence electrons. The molecule has 19 heavy (non-hydrogen) atoms. The Morgan fingerprint density at radius 2 is 0.895 bits per heavy atom. The molecule has 0 heterocycles. The standard InChI is InChI=1S/2C6H5.C3H6.2ClH.2Sb/c2*1-2-4-6-5-3-1;1-3-2;;;;/h2*1-5H;1-3H2;2*1H;;/p-2. The second kappa shape index (κ2) is 31.1. The molecule has 8 radical (unpaired) electrons. The van der Waals surface area contributed by atoms with E-state index < -0.39 is 0 Å². The molecule has 0 N–H and O–H groups in total. The Morgan fingerprint density at radius 3 is 0.947 bits per heavy atom. The predicted octanol–water partition coefficient (Wildman–Crippen LogP) is -2.74. The summed E-state index contributed by atoms with van der Waals surface area (Å²) >= 11 is 0. The van der Waals surface area contributed by atoms with Gasteiger partial charge in [0.15, 0.2) is 0 Å². The molecule has 0 atom stereocenters. The normalized spacial score (nSPS) is 5.95. The van der Waals surface area contributed by atoms with Crippen LogP contribution in [-0.2, 0) is 0 Å². The molecule has 0 aliphatic carbocycles. The van der Waals surface area contributed by atoms with Crippen molar-refractivity contribution in [2.24, 2.45) is 0 Å². The Hall–Kier alpha value is 0.526. The second-order valence-electron chi connectivity index (χ2n) is 2.51. The fourth-order valence-electron chi connectivity index (χ4n) is 0.684. The molecule has 4 heteroatoms. The van der Waals surface area contributed by atoms with Crippen molar-refractivity contribution >= 4 is 48.9 Å². The average molecular weight is 511 g/mol. The Kier molecular flexibility index (Phi) is 52.0. The molecule has 0 saturated carbocycles. The van der Waals surface area contributed by atoms with Gasteiger partial charge in [-0.05, 0) is 18.6 Å². The molecule has 0 aliphatic rings. The van der Waals surface area contributed by atoms with Crippen LogP contribution < -0.4 is 24.8 Å². The molecule has 2 rings (SSSR count). The maximum Gasteiger partial charge on any atom is 0.0302 e. The zero-order valence-corrected chi connectivity index (χ0v) is 17.2. The van der Waals surface area contributed by atoms with Crippen LogP contribution in [0, 0.1) is 26.0 Å². The van der Waals surface area contributed by atoms with Crippen LogP contribution >= 0.6 is 0 Å². The van der Waals surface area contributed by atoms with E-state index in [4.69, 9.17) is 0 Å². The molecule has 0 fully saturated rings. The van der Waals surface area contributed by atoms with Crippen molar-refractivity contribution < 1.29 is 24.8 Å². The molecule has 0 nitrogen and oxygen atoms in total. The molecule has 0 spiro atoms. The van der Waals surface area contributed by atoms with E-state index in [0.29, 0.717) is 0 Å². The van der Waals surface area contributed by atoms with Crippen molar-refractivity contribution in [3.05, 3.63) is 86.6 Å². The molecule has 0 amide bonds. The van der Waals surface area contributed by atoms with Crippen LogP contribution in [0.15, 0.2) is 60.7 Å². The van der Waals surface area contributed by atoms with Gasteiger partial charge in [0.05, 0.1) is 0 Å². The summed E-state index contributed by atoms with van der Waals surface area (Å²) in [5.41, 5.74) is 0. The maximum atomic E-state index is 3.38. The summed E-state index contributed by atoms with van der Waals surface area (Å²) in [6.45, 7) is 6.75. The smallest absolute Gasteiger partial charge is 0.0302 e. The van der Waals surface area contributed by atoms with Crippen LogP contribution in [0.3, 0.4) is 0 Å². The van der Waals surface area contributed by atoms with Gasteiger partial charge in [-0.3, -0.25) is 6.92 Å². The molecule has 0 unspecified atom stereocenters. The van der Waals surface area contributed by atoms with Gasteiger partial charge in [0, 0.05) is 55.8 Å². The molecule has 2 aromatic carbocycles.